The third-order valence-electron chi connectivity index (χ3n) is 13.2. The lowest BCUT2D eigenvalue weighted by Crippen LogP contribution is -2.30. The summed E-state index contributed by atoms with van der Waals surface area (Å²) in [6, 6.07) is 0. The van der Waals surface area contributed by atoms with E-state index < -0.39 is 6.10 Å². The van der Waals surface area contributed by atoms with Crippen LogP contribution < -0.4 is 0 Å². The molecule has 0 saturated heterocycles. The second-order valence-corrected chi connectivity index (χ2v) is 20.9. The van der Waals surface area contributed by atoms with Crippen molar-refractivity contribution in [2.45, 2.75) is 330 Å². The first kappa shape index (κ1) is 62.4. The molecule has 0 fully saturated rings. The van der Waals surface area contributed by atoms with Crippen LogP contribution in [0.4, 0.5) is 0 Å². The van der Waals surface area contributed by atoms with Crippen LogP contribution >= 0.6 is 0 Å². The molecular formula is C58H112O6. The van der Waals surface area contributed by atoms with Crippen molar-refractivity contribution < 1.29 is 28.6 Å². The summed E-state index contributed by atoms with van der Waals surface area (Å²) in [7, 11) is 0. The molecule has 0 radical (unpaired) electrons. The first-order chi connectivity index (χ1) is 31.2. The highest BCUT2D eigenvalue weighted by Gasteiger charge is 2.19. The van der Waals surface area contributed by atoms with Gasteiger partial charge >= 0.3 is 17.9 Å². The average molecular weight is 906 g/mol. The van der Waals surface area contributed by atoms with Crippen LogP contribution in [0, 0.1) is 11.8 Å². The number of rotatable bonds is 52. The fourth-order valence-electron chi connectivity index (χ4n) is 8.87. The van der Waals surface area contributed by atoms with Gasteiger partial charge in [-0.25, -0.2) is 0 Å². The van der Waals surface area contributed by atoms with Gasteiger partial charge in [0.25, 0.3) is 0 Å². The molecule has 1 atom stereocenters. The van der Waals surface area contributed by atoms with E-state index in [1.807, 2.05) is 0 Å². The lowest BCUT2D eigenvalue weighted by molar-refractivity contribution is -0.167. The van der Waals surface area contributed by atoms with Gasteiger partial charge in [-0.05, 0) is 31.1 Å². The molecule has 6 heteroatoms. The smallest absolute Gasteiger partial charge is 0.306 e. The van der Waals surface area contributed by atoms with E-state index in [4.69, 9.17) is 14.2 Å². The fraction of sp³-hybridized carbons (Fsp3) is 0.948. The number of unbranched alkanes of at least 4 members (excludes halogenated alkanes) is 37. The van der Waals surface area contributed by atoms with Gasteiger partial charge in [0.2, 0.25) is 0 Å². The van der Waals surface area contributed by atoms with E-state index in [-0.39, 0.29) is 31.1 Å². The maximum Gasteiger partial charge on any atom is 0.306 e. The number of hydrogen-bond acceptors (Lipinski definition) is 6. The summed E-state index contributed by atoms with van der Waals surface area (Å²) < 4.78 is 16.9. The zero-order valence-electron chi connectivity index (χ0n) is 43.9. The Kier molecular flexibility index (Phi) is 49.6. The van der Waals surface area contributed by atoms with Gasteiger partial charge in [-0.2, -0.15) is 0 Å². The monoisotopic (exact) mass is 905 g/mol. The Bertz CT molecular complexity index is 978. The molecule has 0 aromatic carbocycles. The molecule has 6 nitrogen and oxygen atoms in total. The van der Waals surface area contributed by atoms with E-state index in [0.29, 0.717) is 19.3 Å². The minimum Gasteiger partial charge on any atom is -0.462 e. The van der Waals surface area contributed by atoms with Crippen LogP contribution in [0.1, 0.15) is 324 Å². The summed E-state index contributed by atoms with van der Waals surface area (Å²) in [4.78, 5) is 38.1. The quantitative estimate of drug-likeness (QED) is 0.0344. The SMILES string of the molecule is CCCCCCCCCCCCCCCCCCC(=O)O[C@@H](COC(=O)CCCCCCCCCCCCCCCCCCC(C)C)COC(=O)CCCCCCCCCCC(C)C. The Hall–Kier alpha value is -1.59. The minimum atomic E-state index is -0.762. The molecule has 0 N–H and O–H groups in total. The van der Waals surface area contributed by atoms with Gasteiger partial charge in [-0.3, -0.25) is 14.4 Å². The Morgan fingerprint density at radius 1 is 0.297 bits per heavy atom. The van der Waals surface area contributed by atoms with Crippen LogP contribution in [-0.4, -0.2) is 37.2 Å². The summed E-state index contributed by atoms with van der Waals surface area (Å²) in [6.45, 7) is 11.4. The molecule has 0 aliphatic carbocycles. The maximum atomic E-state index is 12.8. The van der Waals surface area contributed by atoms with Crippen LogP contribution in [0.3, 0.4) is 0 Å². The van der Waals surface area contributed by atoms with Gasteiger partial charge in [0.1, 0.15) is 13.2 Å². The molecular weight excluding hydrogens is 793 g/mol. The van der Waals surface area contributed by atoms with Crippen LogP contribution in [-0.2, 0) is 28.6 Å². The number of ether oxygens (including phenoxy) is 3. The summed E-state index contributed by atoms with van der Waals surface area (Å²) in [5.41, 5.74) is 0. The van der Waals surface area contributed by atoms with E-state index in [1.165, 1.54) is 212 Å². The molecule has 0 saturated carbocycles. The van der Waals surface area contributed by atoms with E-state index in [9.17, 15) is 14.4 Å². The molecule has 0 bridgehead atoms. The van der Waals surface area contributed by atoms with Gasteiger partial charge in [-0.15, -0.1) is 0 Å². The molecule has 0 aromatic rings. The Morgan fingerprint density at radius 3 is 0.766 bits per heavy atom. The van der Waals surface area contributed by atoms with Gasteiger partial charge in [0.05, 0.1) is 0 Å². The fourth-order valence-corrected chi connectivity index (χ4v) is 8.87. The largest absolute Gasteiger partial charge is 0.462 e. The van der Waals surface area contributed by atoms with Crippen molar-refractivity contribution in [2.24, 2.45) is 11.8 Å². The number of carbonyl (C=O) groups excluding carboxylic acids is 3. The average Bonchev–Trinajstić information content (AvgIpc) is 3.27. The van der Waals surface area contributed by atoms with E-state index in [0.717, 1.165) is 69.6 Å². The maximum absolute atomic E-state index is 12.8. The van der Waals surface area contributed by atoms with E-state index in [1.54, 1.807) is 0 Å². The first-order valence-corrected chi connectivity index (χ1v) is 28.7. The second kappa shape index (κ2) is 50.8. The van der Waals surface area contributed by atoms with Gasteiger partial charge in [-0.1, -0.05) is 285 Å². The lowest BCUT2D eigenvalue weighted by Gasteiger charge is -2.18. The third kappa shape index (κ3) is 51.4. The topological polar surface area (TPSA) is 78.9 Å². The van der Waals surface area contributed by atoms with Gasteiger partial charge in [0, 0.05) is 19.3 Å². The standard InChI is InChI=1S/C58H112O6/c1-6-7-8-9-10-11-12-13-14-18-22-25-28-35-40-45-50-58(61)64-55(52-63-57(60)49-44-39-34-30-29-32-37-42-47-54(4)5)51-62-56(59)48-43-38-33-27-24-21-19-16-15-17-20-23-26-31-36-41-46-53(2)3/h53-55H,6-52H2,1-5H3/t55-/m0/s1. The van der Waals surface area contributed by atoms with Crippen LogP contribution in [0.5, 0.6) is 0 Å². The van der Waals surface area contributed by atoms with Crippen LogP contribution in [0.2, 0.25) is 0 Å². The van der Waals surface area contributed by atoms with Gasteiger partial charge in [0.15, 0.2) is 6.10 Å². The molecule has 0 unspecified atom stereocenters. The Labute approximate surface area is 399 Å². The zero-order valence-corrected chi connectivity index (χ0v) is 43.9. The Morgan fingerprint density at radius 2 is 0.516 bits per heavy atom. The predicted molar refractivity (Wildman–Crippen MR) is 275 cm³/mol. The number of carbonyl (C=O) groups is 3. The summed E-state index contributed by atoms with van der Waals surface area (Å²) >= 11 is 0. The van der Waals surface area contributed by atoms with E-state index >= 15 is 0 Å². The third-order valence-corrected chi connectivity index (χ3v) is 13.2. The van der Waals surface area contributed by atoms with Crippen LogP contribution in [0.15, 0.2) is 0 Å². The lowest BCUT2D eigenvalue weighted by atomic mass is 10.0. The first-order valence-electron chi connectivity index (χ1n) is 28.7. The summed E-state index contributed by atoms with van der Waals surface area (Å²) in [5, 5.41) is 0. The molecule has 0 aromatic heterocycles. The van der Waals surface area contributed by atoms with Crippen molar-refractivity contribution in [3.8, 4) is 0 Å². The van der Waals surface area contributed by atoms with Crippen molar-refractivity contribution in [2.75, 3.05) is 13.2 Å². The van der Waals surface area contributed by atoms with Crippen molar-refractivity contribution >= 4 is 17.9 Å². The molecule has 380 valence electrons. The second-order valence-electron chi connectivity index (χ2n) is 20.9. The number of hydrogen-bond donors (Lipinski definition) is 0. The van der Waals surface area contributed by atoms with E-state index in [2.05, 4.69) is 34.6 Å². The molecule has 0 heterocycles. The Balaban J connectivity index is 4.25. The van der Waals surface area contributed by atoms with Crippen molar-refractivity contribution in [1.29, 1.82) is 0 Å². The molecule has 64 heavy (non-hydrogen) atoms. The predicted octanol–water partition coefficient (Wildman–Crippen LogP) is 18.9. The summed E-state index contributed by atoms with van der Waals surface area (Å²) in [6.07, 6.45) is 53.9. The molecule has 0 aliphatic rings. The molecule has 0 amide bonds. The normalized spacial score (nSPS) is 12.0. The molecule has 0 rings (SSSR count). The highest BCUT2D eigenvalue weighted by molar-refractivity contribution is 5.71. The van der Waals surface area contributed by atoms with Gasteiger partial charge < -0.3 is 14.2 Å². The number of esters is 3. The highest BCUT2D eigenvalue weighted by atomic mass is 16.6. The van der Waals surface area contributed by atoms with Crippen molar-refractivity contribution in [1.82, 2.24) is 0 Å². The summed E-state index contributed by atoms with van der Waals surface area (Å²) in [5.74, 6) is 0.807. The minimum absolute atomic E-state index is 0.0631. The zero-order chi connectivity index (χ0) is 46.8. The van der Waals surface area contributed by atoms with Crippen molar-refractivity contribution in [3.63, 3.8) is 0 Å². The molecule has 0 aliphatic heterocycles. The molecule has 0 spiro atoms. The van der Waals surface area contributed by atoms with Crippen LogP contribution in [0.25, 0.3) is 0 Å². The van der Waals surface area contributed by atoms with Crippen molar-refractivity contribution in [3.05, 3.63) is 0 Å². The highest BCUT2D eigenvalue weighted by Crippen LogP contribution is 2.18.